The summed E-state index contributed by atoms with van der Waals surface area (Å²) >= 11 is 0. The standard InChI is InChI=1S/C15H22N4O2/c1-12-4-3-5-13(10-12)17-15(21)19-8-6-18(7-9-19)14(20)11-16-2/h3-5,10,16H,6-9,11H2,1-2H3,(H,17,21). The second-order valence-electron chi connectivity index (χ2n) is 5.20. The van der Waals surface area contributed by atoms with Gasteiger partial charge < -0.3 is 20.4 Å². The van der Waals surface area contributed by atoms with Crippen molar-refractivity contribution in [2.75, 3.05) is 45.1 Å². The monoisotopic (exact) mass is 290 g/mol. The van der Waals surface area contributed by atoms with Crippen LogP contribution in [0.15, 0.2) is 24.3 Å². The summed E-state index contributed by atoms with van der Waals surface area (Å²) in [6.07, 6.45) is 0. The fraction of sp³-hybridized carbons (Fsp3) is 0.467. The normalized spacial score (nSPS) is 15.0. The summed E-state index contributed by atoms with van der Waals surface area (Å²) in [5, 5.41) is 5.75. The molecule has 3 amide bonds. The van der Waals surface area contributed by atoms with Gasteiger partial charge in [0.15, 0.2) is 0 Å². The Morgan fingerprint density at radius 2 is 1.81 bits per heavy atom. The minimum absolute atomic E-state index is 0.0799. The number of hydrogen-bond acceptors (Lipinski definition) is 3. The molecule has 1 aliphatic heterocycles. The molecule has 1 aliphatic rings. The number of hydrogen-bond donors (Lipinski definition) is 2. The summed E-state index contributed by atoms with van der Waals surface area (Å²) in [5.74, 6) is 0.0799. The van der Waals surface area contributed by atoms with Crippen LogP contribution < -0.4 is 10.6 Å². The molecule has 1 heterocycles. The fourth-order valence-corrected chi connectivity index (χ4v) is 2.35. The van der Waals surface area contributed by atoms with Crippen LogP contribution in [0.2, 0.25) is 0 Å². The zero-order valence-electron chi connectivity index (χ0n) is 12.6. The van der Waals surface area contributed by atoms with Crippen LogP contribution in [0.25, 0.3) is 0 Å². The van der Waals surface area contributed by atoms with Crippen LogP contribution in [0.1, 0.15) is 5.56 Å². The van der Waals surface area contributed by atoms with Crippen LogP contribution in [-0.4, -0.2) is 61.5 Å². The van der Waals surface area contributed by atoms with Gasteiger partial charge in [0.2, 0.25) is 5.91 Å². The average Bonchev–Trinajstić information content (AvgIpc) is 2.47. The molecule has 0 bridgehead atoms. The molecule has 2 rings (SSSR count). The highest BCUT2D eigenvalue weighted by Crippen LogP contribution is 2.11. The predicted molar refractivity (Wildman–Crippen MR) is 82.3 cm³/mol. The van der Waals surface area contributed by atoms with E-state index in [-0.39, 0.29) is 11.9 Å². The van der Waals surface area contributed by atoms with Crippen molar-refractivity contribution in [3.63, 3.8) is 0 Å². The van der Waals surface area contributed by atoms with E-state index in [1.165, 1.54) is 0 Å². The van der Waals surface area contributed by atoms with Gasteiger partial charge in [0.1, 0.15) is 0 Å². The van der Waals surface area contributed by atoms with Crippen LogP contribution in [0.5, 0.6) is 0 Å². The highest BCUT2D eigenvalue weighted by molar-refractivity contribution is 5.89. The number of likely N-dealkylation sites (N-methyl/N-ethyl adjacent to an activating group) is 1. The maximum atomic E-state index is 12.2. The Balaban J connectivity index is 1.84. The molecule has 2 N–H and O–H groups in total. The Hall–Kier alpha value is -2.08. The Morgan fingerprint density at radius 3 is 2.43 bits per heavy atom. The number of carbonyl (C=O) groups excluding carboxylic acids is 2. The van der Waals surface area contributed by atoms with Crippen molar-refractivity contribution in [2.45, 2.75) is 6.92 Å². The zero-order valence-corrected chi connectivity index (χ0v) is 12.6. The van der Waals surface area contributed by atoms with E-state index in [4.69, 9.17) is 0 Å². The van der Waals surface area contributed by atoms with Crippen LogP contribution in [0, 0.1) is 6.92 Å². The highest BCUT2D eigenvalue weighted by atomic mass is 16.2. The number of rotatable bonds is 3. The minimum atomic E-state index is -0.110. The van der Waals surface area contributed by atoms with Crippen LogP contribution >= 0.6 is 0 Å². The molecule has 1 aromatic rings. The molecule has 6 heteroatoms. The van der Waals surface area contributed by atoms with Gasteiger partial charge in [-0.05, 0) is 31.7 Å². The quantitative estimate of drug-likeness (QED) is 0.869. The first kappa shape index (κ1) is 15.3. The molecule has 114 valence electrons. The van der Waals surface area contributed by atoms with Crippen molar-refractivity contribution in [2.24, 2.45) is 0 Å². The van der Waals surface area contributed by atoms with Crippen LogP contribution in [0.3, 0.4) is 0 Å². The first-order valence-electron chi connectivity index (χ1n) is 7.15. The van der Waals surface area contributed by atoms with Gasteiger partial charge in [-0.25, -0.2) is 4.79 Å². The summed E-state index contributed by atoms with van der Waals surface area (Å²) in [4.78, 5) is 27.5. The van der Waals surface area contributed by atoms with Gasteiger partial charge in [0.05, 0.1) is 6.54 Å². The topological polar surface area (TPSA) is 64.7 Å². The Kier molecular flexibility index (Phi) is 5.16. The number of amides is 3. The predicted octanol–water partition coefficient (Wildman–Crippen LogP) is 0.891. The molecule has 0 spiro atoms. The van der Waals surface area contributed by atoms with E-state index in [1.807, 2.05) is 31.2 Å². The minimum Gasteiger partial charge on any atom is -0.338 e. The van der Waals surface area contributed by atoms with Crippen LogP contribution in [-0.2, 0) is 4.79 Å². The fourth-order valence-electron chi connectivity index (χ4n) is 2.35. The SMILES string of the molecule is CNCC(=O)N1CCN(C(=O)Nc2cccc(C)c2)CC1. The number of nitrogens with zero attached hydrogens (tertiary/aromatic N) is 2. The molecule has 0 aromatic heterocycles. The Bertz CT molecular complexity index is 510. The largest absolute Gasteiger partial charge is 0.338 e. The zero-order chi connectivity index (χ0) is 15.2. The molecule has 0 atom stereocenters. The number of benzene rings is 1. The van der Waals surface area contributed by atoms with E-state index >= 15 is 0 Å². The summed E-state index contributed by atoms with van der Waals surface area (Å²) in [5.41, 5.74) is 1.91. The molecular weight excluding hydrogens is 268 g/mol. The van der Waals surface area contributed by atoms with Crippen molar-refractivity contribution in [3.05, 3.63) is 29.8 Å². The molecule has 21 heavy (non-hydrogen) atoms. The molecule has 1 fully saturated rings. The van der Waals surface area contributed by atoms with Gasteiger partial charge >= 0.3 is 6.03 Å². The van der Waals surface area contributed by atoms with Gasteiger partial charge in [0, 0.05) is 31.9 Å². The second-order valence-corrected chi connectivity index (χ2v) is 5.20. The lowest BCUT2D eigenvalue weighted by atomic mass is 10.2. The maximum absolute atomic E-state index is 12.2. The first-order valence-corrected chi connectivity index (χ1v) is 7.15. The summed E-state index contributed by atoms with van der Waals surface area (Å²) < 4.78 is 0. The smallest absolute Gasteiger partial charge is 0.321 e. The summed E-state index contributed by atoms with van der Waals surface area (Å²) in [7, 11) is 1.75. The van der Waals surface area contributed by atoms with E-state index in [9.17, 15) is 9.59 Å². The van der Waals surface area contributed by atoms with E-state index in [0.29, 0.717) is 32.7 Å². The molecule has 6 nitrogen and oxygen atoms in total. The Labute approximate surface area is 125 Å². The van der Waals surface area contributed by atoms with Gasteiger partial charge in [-0.1, -0.05) is 12.1 Å². The Morgan fingerprint density at radius 1 is 1.14 bits per heavy atom. The van der Waals surface area contributed by atoms with Crippen molar-refractivity contribution >= 4 is 17.6 Å². The van der Waals surface area contributed by atoms with Crippen molar-refractivity contribution < 1.29 is 9.59 Å². The third kappa shape index (κ3) is 4.19. The average molecular weight is 290 g/mol. The lowest BCUT2D eigenvalue weighted by molar-refractivity contribution is -0.131. The number of piperazine rings is 1. The van der Waals surface area contributed by atoms with Crippen molar-refractivity contribution in [1.82, 2.24) is 15.1 Å². The van der Waals surface area contributed by atoms with E-state index in [1.54, 1.807) is 16.8 Å². The molecule has 1 aromatic carbocycles. The molecule has 1 saturated heterocycles. The number of aryl methyl sites for hydroxylation is 1. The molecule has 0 unspecified atom stereocenters. The number of carbonyl (C=O) groups is 2. The lowest BCUT2D eigenvalue weighted by Gasteiger charge is -2.34. The first-order chi connectivity index (χ1) is 10.1. The number of anilines is 1. The van der Waals surface area contributed by atoms with Gasteiger partial charge in [-0.3, -0.25) is 4.79 Å². The third-order valence-electron chi connectivity index (χ3n) is 3.52. The number of nitrogens with one attached hydrogen (secondary N) is 2. The van der Waals surface area contributed by atoms with Crippen molar-refractivity contribution in [1.29, 1.82) is 0 Å². The van der Waals surface area contributed by atoms with Crippen molar-refractivity contribution in [3.8, 4) is 0 Å². The molecule has 0 saturated carbocycles. The summed E-state index contributed by atoms with van der Waals surface area (Å²) in [6, 6.07) is 7.60. The maximum Gasteiger partial charge on any atom is 0.321 e. The molecular formula is C15H22N4O2. The van der Waals surface area contributed by atoms with E-state index in [0.717, 1.165) is 11.3 Å². The lowest BCUT2D eigenvalue weighted by Crippen LogP contribution is -2.53. The van der Waals surface area contributed by atoms with Gasteiger partial charge in [-0.15, -0.1) is 0 Å². The second kappa shape index (κ2) is 7.08. The molecule has 0 radical (unpaired) electrons. The third-order valence-corrected chi connectivity index (χ3v) is 3.52. The highest BCUT2D eigenvalue weighted by Gasteiger charge is 2.23. The number of urea groups is 1. The van der Waals surface area contributed by atoms with E-state index < -0.39 is 0 Å². The molecule has 0 aliphatic carbocycles. The van der Waals surface area contributed by atoms with E-state index in [2.05, 4.69) is 10.6 Å². The van der Waals surface area contributed by atoms with Gasteiger partial charge in [-0.2, -0.15) is 0 Å². The van der Waals surface area contributed by atoms with Crippen LogP contribution in [0.4, 0.5) is 10.5 Å². The van der Waals surface area contributed by atoms with Gasteiger partial charge in [0.25, 0.3) is 0 Å². The summed E-state index contributed by atoms with van der Waals surface area (Å²) in [6.45, 7) is 4.63.